The summed E-state index contributed by atoms with van der Waals surface area (Å²) in [6, 6.07) is 8.79. The number of aliphatic hydroxyl groups excluding tert-OH is 1. The smallest absolute Gasteiger partial charge is 0.115 e. The molecule has 0 bridgehead atoms. The molecule has 27 heavy (non-hydrogen) atoms. The molecule has 2 fully saturated rings. The molecule has 2 aliphatic carbocycles. The van der Waals surface area contributed by atoms with Gasteiger partial charge in [-0.1, -0.05) is 85.4 Å². The van der Waals surface area contributed by atoms with Crippen LogP contribution in [0.3, 0.4) is 0 Å². The summed E-state index contributed by atoms with van der Waals surface area (Å²) in [4.78, 5) is 0. The molecular formula is C25H35BrO. The number of hydrogen-bond donors (Lipinski definition) is 1. The van der Waals surface area contributed by atoms with E-state index in [1.165, 1.54) is 69.8 Å². The van der Waals surface area contributed by atoms with Crippen LogP contribution in [0.1, 0.15) is 89.0 Å². The maximum Gasteiger partial charge on any atom is 0.115 e. The molecule has 3 rings (SSSR count). The Hall–Kier alpha value is -0.780. The molecule has 1 nitrogen and oxygen atoms in total. The van der Waals surface area contributed by atoms with Crippen molar-refractivity contribution in [1.82, 2.24) is 0 Å². The Balaban J connectivity index is 1.39. The third-order valence-electron chi connectivity index (χ3n) is 6.74. The summed E-state index contributed by atoms with van der Waals surface area (Å²) in [5, 5.41) is 10.4. The molecule has 1 N–H and O–H groups in total. The molecule has 148 valence electrons. The summed E-state index contributed by atoms with van der Waals surface area (Å²) in [5.74, 6) is 9.40. The lowest BCUT2D eigenvalue weighted by molar-refractivity contribution is 0.162. The standard InChI is InChI=1S/C25H35BrO/c1-2-3-19-4-6-21(7-5-19)18-25(27)17-10-20-8-11-22(12-9-20)23-13-15-24(26)16-14-23/h13-16,19-22,25,27H,2-9,11-12,18H2,1H3. The number of benzene rings is 1. The molecular weight excluding hydrogens is 396 g/mol. The number of rotatable bonds is 5. The second kappa shape index (κ2) is 10.7. The third-order valence-corrected chi connectivity index (χ3v) is 7.27. The minimum absolute atomic E-state index is 0.415. The van der Waals surface area contributed by atoms with Crippen molar-refractivity contribution in [3.05, 3.63) is 34.3 Å². The van der Waals surface area contributed by atoms with Crippen LogP contribution < -0.4 is 0 Å². The van der Waals surface area contributed by atoms with E-state index < -0.39 is 6.10 Å². The minimum atomic E-state index is -0.415. The van der Waals surface area contributed by atoms with E-state index in [-0.39, 0.29) is 0 Å². The zero-order chi connectivity index (χ0) is 19.1. The van der Waals surface area contributed by atoms with Gasteiger partial charge in [0.05, 0.1) is 0 Å². The molecule has 1 aromatic carbocycles. The lowest BCUT2D eigenvalue weighted by Crippen LogP contribution is -2.19. The van der Waals surface area contributed by atoms with Crippen molar-refractivity contribution in [1.29, 1.82) is 0 Å². The van der Waals surface area contributed by atoms with Gasteiger partial charge >= 0.3 is 0 Å². The van der Waals surface area contributed by atoms with Crippen molar-refractivity contribution in [2.24, 2.45) is 17.8 Å². The van der Waals surface area contributed by atoms with Gasteiger partial charge in [-0.25, -0.2) is 0 Å². The van der Waals surface area contributed by atoms with Crippen molar-refractivity contribution in [2.75, 3.05) is 0 Å². The van der Waals surface area contributed by atoms with Gasteiger partial charge in [0.1, 0.15) is 6.10 Å². The Morgan fingerprint density at radius 3 is 2.22 bits per heavy atom. The molecule has 2 aliphatic rings. The first-order valence-corrected chi connectivity index (χ1v) is 11.9. The van der Waals surface area contributed by atoms with Gasteiger partial charge < -0.3 is 5.11 Å². The van der Waals surface area contributed by atoms with Crippen LogP contribution in [0.4, 0.5) is 0 Å². The molecule has 1 atom stereocenters. The molecule has 2 saturated carbocycles. The lowest BCUT2D eigenvalue weighted by atomic mass is 9.77. The summed E-state index contributed by atoms with van der Waals surface area (Å²) in [7, 11) is 0. The summed E-state index contributed by atoms with van der Waals surface area (Å²) < 4.78 is 1.15. The average Bonchev–Trinajstić information content (AvgIpc) is 2.69. The number of hydrogen-bond acceptors (Lipinski definition) is 1. The van der Waals surface area contributed by atoms with Gasteiger partial charge in [-0.15, -0.1) is 0 Å². The highest BCUT2D eigenvalue weighted by Gasteiger charge is 2.23. The maximum atomic E-state index is 10.4. The fourth-order valence-electron chi connectivity index (χ4n) is 5.06. The zero-order valence-corrected chi connectivity index (χ0v) is 18.4. The van der Waals surface area contributed by atoms with Gasteiger partial charge in [0.25, 0.3) is 0 Å². The van der Waals surface area contributed by atoms with E-state index >= 15 is 0 Å². The first-order valence-electron chi connectivity index (χ1n) is 11.1. The van der Waals surface area contributed by atoms with E-state index in [0.29, 0.717) is 17.8 Å². The van der Waals surface area contributed by atoms with Crippen LogP contribution in [0, 0.1) is 29.6 Å². The second-order valence-corrected chi connectivity index (χ2v) is 9.73. The van der Waals surface area contributed by atoms with Crippen LogP contribution in [-0.4, -0.2) is 11.2 Å². The van der Waals surface area contributed by atoms with E-state index in [9.17, 15) is 5.11 Å². The summed E-state index contributed by atoms with van der Waals surface area (Å²) in [5.41, 5.74) is 1.46. The van der Waals surface area contributed by atoms with E-state index in [4.69, 9.17) is 0 Å². The van der Waals surface area contributed by atoms with Crippen molar-refractivity contribution in [2.45, 2.75) is 89.6 Å². The minimum Gasteiger partial charge on any atom is -0.380 e. The molecule has 0 aliphatic heterocycles. The van der Waals surface area contributed by atoms with Crippen LogP contribution in [0.5, 0.6) is 0 Å². The summed E-state index contributed by atoms with van der Waals surface area (Å²) >= 11 is 3.52. The molecule has 2 heteroatoms. The second-order valence-electron chi connectivity index (χ2n) is 8.82. The lowest BCUT2D eigenvalue weighted by Gasteiger charge is -2.29. The molecule has 1 unspecified atom stereocenters. The zero-order valence-electron chi connectivity index (χ0n) is 16.8. The van der Waals surface area contributed by atoms with Crippen molar-refractivity contribution in [3.8, 4) is 11.8 Å². The largest absolute Gasteiger partial charge is 0.380 e. The predicted octanol–water partition coefficient (Wildman–Crippen LogP) is 7.08. The molecule has 0 radical (unpaired) electrons. The quantitative estimate of drug-likeness (QED) is 0.494. The van der Waals surface area contributed by atoms with Gasteiger partial charge in [-0.2, -0.15) is 0 Å². The Morgan fingerprint density at radius 1 is 0.963 bits per heavy atom. The van der Waals surface area contributed by atoms with E-state index in [1.54, 1.807) is 0 Å². The first kappa shape index (κ1) is 20.9. The topological polar surface area (TPSA) is 20.2 Å². The van der Waals surface area contributed by atoms with Crippen LogP contribution in [0.25, 0.3) is 0 Å². The van der Waals surface area contributed by atoms with Crippen molar-refractivity contribution in [3.63, 3.8) is 0 Å². The Bertz CT molecular complexity index is 610. The highest BCUT2D eigenvalue weighted by Crippen LogP contribution is 2.36. The fourth-order valence-corrected chi connectivity index (χ4v) is 5.32. The molecule has 0 aromatic heterocycles. The van der Waals surface area contributed by atoms with E-state index in [2.05, 4.69) is 59.0 Å². The van der Waals surface area contributed by atoms with Gasteiger partial charge in [0.15, 0.2) is 0 Å². The number of aliphatic hydroxyl groups is 1. The molecule has 1 aromatic rings. The average molecular weight is 431 g/mol. The summed E-state index contributed by atoms with van der Waals surface area (Å²) in [6.07, 6.45) is 13.3. The van der Waals surface area contributed by atoms with Gasteiger partial charge in [-0.05, 0) is 67.6 Å². The van der Waals surface area contributed by atoms with Crippen molar-refractivity contribution >= 4 is 15.9 Å². The van der Waals surface area contributed by atoms with Crippen LogP contribution in [-0.2, 0) is 0 Å². The fraction of sp³-hybridized carbons (Fsp3) is 0.680. The monoisotopic (exact) mass is 430 g/mol. The highest BCUT2D eigenvalue weighted by molar-refractivity contribution is 9.10. The molecule has 0 spiro atoms. The van der Waals surface area contributed by atoms with Crippen molar-refractivity contribution < 1.29 is 5.11 Å². The Labute approximate surface area is 174 Å². The van der Waals surface area contributed by atoms with E-state index in [1.807, 2.05) is 0 Å². The molecule has 0 saturated heterocycles. The van der Waals surface area contributed by atoms with Crippen LogP contribution in [0.15, 0.2) is 28.7 Å². The Kier molecular flexibility index (Phi) is 8.28. The molecule has 0 amide bonds. The maximum absolute atomic E-state index is 10.4. The van der Waals surface area contributed by atoms with Gasteiger partial charge in [0, 0.05) is 10.4 Å². The van der Waals surface area contributed by atoms with E-state index in [0.717, 1.165) is 16.8 Å². The predicted molar refractivity (Wildman–Crippen MR) is 118 cm³/mol. The first-order chi connectivity index (χ1) is 13.1. The van der Waals surface area contributed by atoms with Crippen LogP contribution in [0.2, 0.25) is 0 Å². The van der Waals surface area contributed by atoms with Gasteiger partial charge in [-0.3, -0.25) is 0 Å². The summed E-state index contributed by atoms with van der Waals surface area (Å²) in [6.45, 7) is 2.29. The number of halogens is 1. The normalized spacial score (nSPS) is 29.6. The van der Waals surface area contributed by atoms with Crippen LogP contribution >= 0.6 is 15.9 Å². The van der Waals surface area contributed by atoms with Gasteiger partial charge in [0.2, 0.25) is 0 Å². The third kappa shape index (κ3) is 6.65. The Morgan fingerprint density at radius 2 is 1.59 bits per heavy atom. The molecule has 0 heterocycles. The SMILES string of the molecule is CCCC1CCC(CC(O)C#CC2CCC(c3ccc(Br)cc3)CC2)CC1. The highest BCUT2D eigenvalue weighted by atomic mass is 79.9.